The molecular weight excluding hydrogens is 282 g/mol. The SMILES string of the molecule is Cc1nnc2n1C(C)CN(C(=O)c1noc3c1CCCC3)C2. The van der Waals surface area contributed by atoms with Crippen LogP contribution < -0.4 is 0 Å². The van der Waals surface area contributed by atoms with E-state index in [-0.39, 0.29) is 11.9 Å². The van der Waals surface area contributed by atoms with Gasteiger partial charge in [-0.25, -0.2) is 0 Å². The Kier molecular flexibility index (Phi) is 3.02. The van der Waals surface area contributed by atoms with E-state index < -0.39 is 0 Å². The molecule has 1 atom stereocenters. The molecule has 0 spiro atoms. The molecule has 7 heteroatoms. The Labute approximate surface area is 128 Å². The van der Waals surface area contributed by atoms with Gasteiger partial charge >= 0.3 is 0 Å². The van der Waals surface area contributed by atoms with Gasteiger partial charge in [0.05, 0.1) is 12.6 Å². The first-order valence-electron chi connectivity index (χ1n) is 7.82. The van der Waals surface area contributed by atoms with Crippen molar-refractivity contribution >= 4 is 5.91 Å². The first-order chi connectivity index (χ1) is 10.6. The highest BCUT2D eigenvalue weighted by atomic mass is 16.5. The van der Waals surface area contributed by atoms with Gasteiger partial charge in [-0.15, -0.1) is 10.2 Å². The topological polar surface area (TPSA) is 77.1 Å². The van der Waals surface area contributed by atoms with Crippen LogP contribution in [-0.2, 0) is 19.4 Å². The molecule has 3 heterocycles. The lowest BCUT2D eigenvalue weighted by atomic mass is 9.96. The van der Waals surface area contributed by atoms with Gasteiger partial charge in [-0.05, 0) is 33.1 Å². The van der Waals surface area contributed by atoms with Crippen LogP contribution >= 0.6 is 0 Å². The molecule has 1 aliphatic carbocycles. The van der Waals surface area contributed by atoms with Gasteiger partial charge in [0, 0.05) is 18.5 Å². The van der Waals surface area contributed by atoms with Crippen LogP contribution in [0, 0.1) is 6.92 Å². The summed E-state index contributed by atoms with van der Waals surface area (Å²) >= 11 is 0. The largest absolute Gasteiger partial charge is 0.360 e. The average molecular weight is 301 g/mol. The van der Waals surface area contributed by atoms with Crippen molar-refractivity contribution < 1.29 is 9.32 Å². The zero-order valence-corrected chi connectivity index (χ0v) is 12.9. The van der Waals surface area contributed by atoms with Gasteiger partial charge in [-0.3, -0.25) is 4.79 Å². The number of aryl methyl sites for hydroxylation is 2. The van der Waals surface area contributed by atoms with Crippen LogP contribution in [0.25, 0.3) is 0 Å². The molecule has 0 saturated carbocycles. The van der Waals surface area contributed by atoms with Gasteiger partial charge < -0.3 is 14.0 Å². The monoisotopic (exact) mass is 301 g/mol. The maximum Gasteiger partial charge on any atom is 0.276 e. The van der Waals surface area contributed by atoms with Crippen LogP contribution in [0.1, 0.15) is 59.3 Å². The van der Waals surface area contributed by atoms with Gasteiger partial charge in [0.1, 0.15) is 11.6 Å². The van der Waals surface area contributed by atoms with Gasteiger partial charge in [-0.1, -0.05) is 5.16 Å². The summed E-state index contributed by atoms with van der Waals surface area (Å²) in [5.74, 6) is 2.57. The van der Waals surface area contributed by atoms with Crippen LogP contribution in [0.3, 0.4) is 0 Å². The van der Waals surface area contributed by atoms with Crippen molar-refractivity contribution in [3.05, 3.63) is 28.7 Å². The van der Waals surface area contributed by atoms with Crippen LogP contribution in [0.2, 0.25) is 0 Å². The molecule has 1 amide bonds. The smallest absolute Gasteiger partial charge is 0.276 e. The molecule has 2 aliphatic rings. The van der Waals surface area contributed by atoms with Crippen molar-refractivity contribution in [2.45, 2.75) is 52.1 Å². The standard InChI is InChI=1S/C15H19N5O2/c1-9-7-19(8-13-17-16-10(2)20(9)13)15(21)14-11-5-3-4-6-12(11)22-18-14/h9H,3-8H2,1-2H3. The number of carbonyl (C=O) groups is 1. The maximum atomic E-state index is 12.8. The first kappa shape index (κ1) is 13.5. The lowest BCUT2D eigenvalue weighted by molar-refractivity contribution is 0.0668. The highest BCUT2D eigenvalue weighted by Crippen LogP contribution is 2.27. The molecule has 1 aliphatic heterocycles. The number of hydrogen-bond donors (Lipinski definition) is 0. The highest BCUT2D eigenvalue weighted by Gasteiger charge is 2.32. The van der Waals surface area contributed by atoms with Gasteiger partial charge in [0.15, 0.2) is 11.5 Å². The van der Waals surface area contributed by atoms with E-state index >= 15 is 0 Å². The fourth-order valence-corrected chi connectivity index (χ4v) is 3.59. The molecular formula is C15H19N5O2. The Morgan fingerprint density at radius 2 is 2.09 bits per heavy atom. The number of fused-ring (bicyclic) bond motifs is 2. The number of amides is 1. The Morgan fingerprint density at radius 3 is 2.95 bits per heavy atom. The van der Waals surface area contributed by atoms with Crippen molar-refractivity contribution in [3.63, 3.8) is 0 Å². The van der Waals surface area contributed by atoms with E-state index in [1.807, 2.05) is 6.92 Å². The van der Waals surface area contributed by atoms with Crippen molar-refractivity contribution in [1.82, 2.24) is 24.8 Å². The minimum absolute atomic E-state index is 0.0503. The van der Waals surface area contributed by atoms with Crippen LogP contribution in [0.5, 0.6) is 0 Å². The summed E-state index contributed by atoms with van der Waals surface area (Å²) in [7, 11) is 0. The molecule has 0 fully saturated rings. The van der Waals surface area contributed by atoms with E-state index in [1.54, 1.807) is 4.90 Å². The number of nitrogens with zero attached hydrogens (tertiary/aromatic N) is 5. The van der Waals surface area contributed by atoms with E-state index in [0.29, 0.717) is 18.8 Å². The Balaban J connectivity index is 1.63. The summed E-state index contributed by atoms with van der Waals surface area (Å²) in [6, 6.07) is 0.172. The second-order valence-electron chi connectivity index (χ2n) is 6.21. The molecule has 0 radical (unpaired) electrons. The second kappa shape index (κ2) is 4.93. The molecule has 2 aromatic rings. The predicted molar refractivity (Wildman–Crippen MR) is 77.4 cm³/mol. The van der Waals surface area contributed by atoms with Gasteiger partial charge in [0.2, 0.25) is 0 Å². The lowest BCUT2D eigenvalue weighted by Crippen LogP contribution is -2.41. The number of aromatic nitrogens is 4. The van der Waals surface area contributed by atoms with Crippen molar-refractivity contribution in [2.75, 3.05) is 6.54 Å². The average Bonchev–Trinajstić information content (AvgIpc) is 3.11. The molecule has 1 unspecified atom stereocenters. The Bertz CT molecular complexity index is 732. The molecule has 0 saturated heterocycles. The normalized spacial score (nSPS) is 20.6. The van der Waals surface area contributed by atoms with Gasteiger partial charge in [-0.2, -0.15) is 0 Å². The highest BCUT2D eigenvalue weighted by molar-refractivity contribution is 5.94. The molecule has 7 nitrogen and oxygen atoms in total. The number of rotatable bonds is 1. The minimum Gasteiger partial charge on any atom is -0.360 e. The molecule has 4 rings (SSSR count). The van der Waals surface area contributed by atoms with Crippen molar-refractivity contribution in [2.24, 2.45) is 0 Å². The van der Waals surface area contributed by atoms with E-state index in [2.05, 4.69) is 26.8 Å². The second-order valence-corrected chi connectivity index (χ2v) is 6.21. The predicted octanol–water partition coefficient (Wildman–Crippen LogP) is 1.67. The molecule has 22 heavy (non-hydrogen) atoms. The van der Waals surface area contributed by atoms with Crippen molar-refractivity contribution in [3.8, 4) is 0 Å². The molecule has 0 aromatic carbocycles. The third-order valence-electron chi connectivity index (χ3n) is 4.63. The third kappa shape index (κ3) is 1.95. The zero-order valence-electron chi connectivity index (χ0n) is 12.9. The minimum atomic E-state index is -0.0503. The van der Waals surface area contributed by atoms with E-state index in [1.165, 1.54) is 0 Å². The third-order valence-corrected chi connectivity index (χ3v) is 4.63. The zero-order chi connectivity index (χ0) is 15.3. The maximum absolute atomic E-state index is 12.8. The van der Waals surface area contributed by atoms with Gasteiger partial charge in [0.25, 0.3) is 5.91 Å². The van der Waals surface area contributed by atoms with E-state index in [9.17, 15) is 4.79 Å². The summed E-state index contributed by atoms with van der Waals surface area (Å²) in [5, 5.41) is 12.3. The fourth-order valence-electron chi connectivity index (χ4n) is 3.59. The van der Waals surface area contributed by atoms with E-state index in [4.69, 9.17) is 4.52 Å². The summed E-state index contributed by atoms with van der Waals surface area (Å²) in [5.41, 5.74) is 1.50. The summed E-state index contributed by atoms with van der Waals surface area (Å²) in [6.45, 7) is 5.15. The van der Waals surface area contributed by atoms with Crippen LogP contribution in [0.4, 0.5) is 0 Å². The van der Waals surface area contributed by atoms with Crippen molar-refractivity contribution in [1.29, 1.82) is 0 Å². The Morgan fingerprint density at radius 1 is 1.27 bits per heavy atom. The fraction of sp³-hybridized carbons (Fsp3) is 0.600. The molecule has 0 N–H and O–H groups in total. The number of hydrogen-bond acceptors (Lipinski definition) is 5. The Hall–Kier alpha value is -2.18. The summed E-state index contributed by atoms with van der Waals surface area (Å²) in [4.78, 5) is 14.6. The molecule has 0 bridgehead atoms. The van der Waals surface area contributed by atoms with E-state index in [0.717, 1.165) is 48.7 Å². The lowest BCUT2D eigenvalue weighted by Gasteiger charge is -2.32. The first-order valence-corrected chi connectivity index (χ1v) is 7.82. The summed E-state index contributed by atoms with van der Waals surface area (Å²) in [6.07, 6.45) is 3.98. The quantitative estimate of drug-likeness (QED) is 0.800. The number of carbonyl (C=O) groups excluding carboxylic acids is 1. The summed E-state index contributed by atoms with van der Waals surface area (Å²) < 4.78 is 7.47. The molecule has 116 valence electrons. The molecule has 2 aromatic heterocycles. The van der Waals surface area contributed by atoms with Crippen LogP contribution in [-0.4, -0.2) is 37.3 Å². The van der Waals surface area contributed by atoms with Crippen LogP contribution in [0.15, 0.2) is 4.52 Å².